The highest BCUT2D eigenvalue weighted by Crippen LogP contribution is 2.32. The predicted molar refractivity (Wildman–Crippen MR) is 115 cm³/mol. The Balaban J connectivity index is 1.49. The molecule has 4 rings (SSSR count). The van der Waals surface area contributed by atoms with Gasteiger partial charge in [0.25, 0.3) is 11.8 Å². The van der Waals surface area contributed by atoms with Crippen molar-refractivity contribution in [2.45, 2.75) is 33.1 Å². The molecule has 2 N–H and O–H groups in total. The Hall–Kier alpha value is -3.13. The molecule has 2 amide bonds. The predicted octanol–water partition coefficient (Wildman–Crippen LogP) is 4.75. The summed E-state index contributed by atoms with van der Waals surface area (Å²) in [5.74, 6) is -0.544. The molecule has 1 saturated carbocycles. The van der Waals surface area contributed by atoms with Gasteiger partial charge in [-0.1, -0.05) is 6.07 Å². The van der Waals surface area contributed by atoms with Crippen molar-refractivity contribution < 1.29 is 14.0 Å². The number of nitrogens with zero attached hydrogens (tertiary/aromatic N) is 2. The van der Waals surface area contributed by atoms with Crippen LogP contribution >= 0.6 is 11.3 Å². The van der Waals surface area contributed by atoms with E-state index in [2.05, 4.69) is 20.6 Å². The van der Waals surface area contributed by atoms with E-state index in [1.807, 2.05) is 6.07 Å². The third-order valence-electron chi connectivity index (χ3n) is 4.94. The van der Waals surface area contributed by atoms with E-state index in [1.54, 1.807) is 26.1 Å². The summed E-state index contributed by atoms with van der Waals surface area (Å²) in [5.41, 5.74) is 1.84. The number of aromatic nitrogens is 2. The van der Waals surface area contributed by atoms with Gasteiger partial charge in [0.1, 0.15) is 16.5 Å². The number of aryl methyl sites for hydroxylation is 2. The SMILES string of the molecule is Cc1ncc(C(=O)Nc2cc(C(=O)Nc3ccc(CC4CC4)cn3)c(F)cc2C)s1. The molecule has 0 radical (unpaired) electrons. The third-order valence-corrected chi connectivity index (χ3v) is 5.85. The van der Waals surface area contributed by atoms with Crippen LogP contribution in [0.4, 0.5) is 15.9 Å². The van der Waals surface area contributed by atoms with Gasteiger partial charge in [-0.15, -0.1) is 11.3 Å². The molecular formula is C22H21FN4O2S. The summed E-state index contributed by atoms with van der Waals surface area (Å²) in [7, 11) is 0. The molecule has 2 aromatic heterocycles. The number of anilines is 2. The summed E-state index contributed by atoms with van der Waals surface area (Å²) >= 11 is 1.26. The Morgan fingerprint density at radius 2 is 1.90 bits per heavy atom. The van der Waals surface area contributed by atoms with Crippen LogP contribution in [0.15, 0.2) is 36.7 Å². The van der Waals surface area contributed by atoms with E-state index in [0.29, 0.717) is 21.9 Å². The average Bonchev–Trinajstić information content (AvgIpc) is 3.42. The molecule has 0 spiro atoms. The summed E-state index contributed by atoms with van der Waals surface area (Å²) in [6.07, 6.45) is 6.73. The third kappa shape index (κ3) is 4.71. The van der Waals surface area contributed by atoms with Crippen LogP contribution in [-0.2, 0) is 6.42 Å². The second kappa shape index (κ2) is 8.31. The van der Waals surface area contributed by atoms with E-state index in [1.165, 1.54) is 42.5 Å². The number of thiazole rings is 1. The lowest BCUT2D eigenvalue weighted by molar-refractivity contribution is 0.101. The maximum atomic E-state index is 14.5. The van der Waals surface area contributed by atoms with Crippen molar-refractivity contribution in [3.8, 4) is 0 Å². The highest BCUT2D eigenvalue weighted by atomic mass is 32.1. The van der Waals surface area contributed by atoms with Crippen molar-refractivity contribution >= 4 is 34.7 Å². The standard InChI is InChI=1S/C22H21FN4O2S/c1-12-7-17(23)16(9-18(12)26-22(29)19-11-24-13(2)30-19)21(28)27-20-6-5-15(10-25-20)8-14-3-4-14/h5-7,9-11,14H,3-4,8H2,1-2H3,(H,26,29)(H,25,27,28). The van der Waals surface area contributed by atoms with Gasteiger partial charge in [0.05, 0.1) is 16.8 Å². The number of rotatable bonds is 6. The number of carbonyl (C=O) groups is 2. The van der Waals surface area contributed by atoms with Crippen LogP contribution in [-0.4, -0.2) is 21.8 Å². The monoisotopic (exact) mass is 424 g/mol. The second-order valence-corrected chi connectivity index (χ2v) is 8.73. The van der Waals surface area contributed by atoms with Gasteiger partial charge in [-0.2, -0.15) is 0 Å². The zero-order chi connectivity index (χ0) is 21.3. The minimum absolute atomic E-state index is 0.166. The topological polar surface area (TPSA) is 84.0 Å². The van der Waals surface area contributed by atoms with Gasteiger partial charge in [-0.25, -0.2) is 14.4 Å². The quantitative estimate of drug-likeness (QED) is 0.598. The number of pyridine rings is 1. The largest absolute Gasteiger partial charge is 0.321 e. The van der Waals surface area contributed by atoms with E-state index >= 15 is 0 Å². The molecule has 0 unspecified atom stereocenters. The molecule has 154 valence electrons. The van der Waals surface area contributed by atoms with Crippen LogP contribution in [0.3, 0.4) is 0 Å². The smallest absolute Gasteiger partial charge is 0.267 e. The van der Waals surface area contributed by atoms with Crippen LogP contribution in [0.2, 0.25) is 0 Å². The maximum Gasteiger partial charge on any atom is 0.267 e. The molecule has 1 aliphatic carbocycles. The van der Waals surface area contributed by atoms with E-state index < -0.39 is 11.7 Å². The van der Waals surface area contributed by atoms with Gasteiger partial charge >= 0.3 is 0 Å². The number of nitrogens with one attached hydrogen (secondary N) is 2. The number of hydrogen-bond acceptors (Lipinski definition) is 5. The van der Waals surface area contributed by atoms with Crippen molar-refractivity contribution in [2.75, 3.05) is 10.6 Å². The van der Waals surface area contributed by atoms with Gasteiger partial charge in [-0.3, -0.25) is 9.59 Å². The Bertz CT molecular complexity index is 1110. The first-order valence-electron chi connectivity index (χ1n) is 9.69. The van der Waals surface area contributed by atoms with Crippen LogP contribution in [0.5, 0.6) is 0 Å². The molecular weight excluding hydrogens is 403 g/mol. The van der Waals surface area contributed by atoms with Crippen molar-refractivity contribution in [1.29, 1.82) is 0 Å². The Kier molecular flexibility index (Phi) is 5.59. The zero-order valence-corrected chi connectivity index (χ0v) is 17.5. The number of hydrogen-bond donors (Lipinski definition) is 2. The van der Waals surface area contributed by atoms with Crippen molar-refractivity contribution in [3.63, 3.8) is 0 Å². The number of benzene rings is 1. The minimum atomic E-state index is -0.665. The molecule has 1 aromatic carbocycles. The molecule has 0 saturated heterocycles. The lowest BCUT2D eigenvalue weighted by atomic mass is 10.1. The van der Waals surface area contributed by atoms with E-state index in [-0.39, 0.29) is 11.5 Å². The molecule has 1 fully saturated rings. The normalized spacial score (nSPS) is 13.2. The second-order valence-electron chi connectivity index (χ2n) is 7.50. The molecule has 0 atom stereocenters. The number of halogens is 1. The molecule has 0 bridgehead atoms. The van der Waals surface area contributed by atoms with Gasteiger partial charge in [0.15, 0.2) is 0 Å². The summed E-state index contributed by atoms with van der Waals surface area (Å²) in [6.45, 7) is 3.47. The van der Waals surface area contributed by atoms with Crippen LogP contribution in [0.1, 0.15) is 49.0 Å². The fourth-order valence-corrected chi connectivity index (χ4v) is 3.76. The number of carbonyl (C=O) groups excluding carboxylic acids is 2. The minimum Gasteiger partial charge on any atom is -0.321 e. The van der Waals surface area contributed by atoms with Crippen molar-refractivity contribution in [3.05, 3.63) is 69.1 Å². The summed E-state index contributed by atoms with van der Waals surface area (Å²) < 4.78 is 14.5. The number of amides is 2. The molecule has 2 heterocycles. The van der Waals surface area contributed by atoms with Crippen LogP contribution in [0.25, 0.3) is 0 Å². The Morgan fingerprint density at radius 3 is 2.53 bits per heavy atom. The summed E-state index contributed by atoms with van der Waals surface area (Å²) in [5, 5.41) is 6.12. The molecule has 6 nitrogen and oxygen atoms in total. The lowest BCUT2D eigenvalue weighted by Gasteiger charge is -2.12. The van der Waals surface area contributed by atoms with Gasteiger partial charge in [0.2, 0.25) is 0 Å². The first kappa shape index (κ1) is 20.2. The zero-order valence-electron chi connectivity index (χ0n) is 16.7. The van der Waals surface area contributed by atoms with E-state index in [9.17, 15) is 14.0 Å². The fraction of sp³-hybridized carbons (Fsp3) is 0.273. The highest BCUT2D eigenvalue weighted by Gasteiger charge is 2.22. The summed E-state index contributed by atoms with van der Waals surface area (Å²) in [6, 6.07) is 6.22. The van der Waals surface area contributed by atoms with Gasteiger partial charge < -0.3 is 10.6 Å². The van der Waals surface area contributed by atoms with E-state index in [0.717, 1.165) is 22.9 Å². The van der Waals surface area contributed by atoms with Crippen LogP contribution in [0, 0.1) is 25.6 Å². The van der Waals surface area contributed by atoms with Gasteiger partial charge in [-0.05, 0) is 68.4 Å². The van der Waals surface area contributed by atoms with Crippen molar-refractivity contribution in [2.24, 2.45) is 5.92 Å². The maximum absolute atomic E-state index is 14.5. The average molecular weight is 425 g/mol. The van der Waals surface area contributed by atoms with Crippen LogP contribution < -0.4 is 10.6 Å². The first-order chi connectivity index (χ1) is 14.4. The lowest BCUT2D eigenvalue weighted by Crippen LogP contribution is -2.17. The first-order valence-corrected chi connectivity index (χ1v) is 10.5. The molecule has 3 aromatic rings. The van der Waals surface area contributed by atoms with Crippen molar-refractivity contribution in [1.82, 2.24) is 9.97 Å². The van der Waals surface area contributed by atoms with Gasteiger partial charge in [0, 0.05) is 11.9 Å². The van der Waals surface area contributed by atoms with E-state index in [4.69, 9.17) is 0 Å². The fourth-order valence-electron chi connectivity index (χ4n) is 3.09. The Labute approximate surface area is 177 Å². The molecule has 0 aliphatic heterocycles. The highest BCUT2D eigenvalue weighted by molar-refractivity contribution is 7.13. The molecule has 30 heavy (non-hydrogen) atoms. The Morgan fingerprint density at radius 1 is 1.10 bits per heavy atom. The summed E-state index contributed by atoms with van der Waals surface area (Å²) in [4.78, 5) is 33.8. The molecule has 8 heteroatoms. The molecule has 1 aliphatic rings.